The Bertz CT molecular complexity index is 1140. The molecule has 1 atom stereocenters. The van der Waals surface area contributed by atoms with Gasteiger partial charge in [0.05, 0.1) is 0 Å². The molecule has 0 bridgehead atoms. The van der Waals surface area contributed by atoms with E-state index in [1.54, 1.807) is 51.1 Å². The quantitative estimate of drug-likeness (QED) is 0.304. The fourth-order valence-electron chi connectivity index (χ4n) is 3.72. The molecule has 0 aliphatic rings. The molecule has 0 aromatic heterocycles. The Labute approximate surface area is 207 Å². The smallest absolute Gasteiger partial charge is 0.329 e. The van der Waals surface area contributed by atoms with Crippen molar-refractivity contribution in [3.8, 4) is 5.75 Å². The van der Waals surface area contributed by atoms with Crippen LogP contribution in [0.2, 0.25) is 0 Å². The predicted molar refractivity (Wildman–Crippen MR) is 138 cm³/mol. The molecule has 0 saturated heterocycles. The fraction of sp³-hybridized carbons (Fsp3) is 0.310. The van der Waals surface area contributed by atoms with Crippen molar-refractivity contribution in [3.63, 3.8) is 0 Å². The summed E-state index contributed by atoms with van der Waals surface area (Å²) in [5, 5.41) is 12.3. The third-order valence-electron chi connectivity index (χ3n) is 5.59. The molecule has 0 radical (unpaired) electrons. The van der Waals surface area contributed by atoms with E-state index in [1.807, 2.05) is 42.5 Å². The van der Waals surface area contributed by atoms with Crippen LogP contribution in [0.1, 0.15) is 54.2 Å². The second-order valence-electron chi connectivity index (χ2n) is 9.66. The number of nitrogen functional groups attached to an aromatic ring is 1. The highest BCUT2D eigenvalue weighted by Gasteiger charge is 2.27. The van der Waals surface area contributed by atoms with E-state index in [1.165, 1.54) is 0 Å². The van der Waals surface area contributed by atoms with Gasteiger partial charge in [-0.05, 0) is 93.5 Å². The van der Waals surface area contributed by atoms with E-state index in [0.717, 1.165) is 16.7 Å². The zero-order valence-corrected chi connectivity index (χ0v) is 20.6. The van der Waals surface area contributed by atoms with Crippen LogP contribution in [0.25, 0.3) is 0 Å². The highest BCUT2D eigenvalue weighted by molar-refractivity contribution is 5.97. The number of carbonyl (C=O) groups excluding carboxylic acids is 2. The number of esters is 1. The number of ether oxygens (including phenoxy) is 1. The van der Waals surface area contributed by atoms with Gasteiger partial charge in [0.25, 0.3) is 5.91 Å². The topological polar surface area (TPSA) is 102 Å². The minimum atomic E-state index is -0.778. The first-order valence-electron chi connectivity index (χ1n) is 11.8. The number of rotatable bonds is 9. The number of hydrogen-bond acceptors (Lipinski definition) is 5. The van der Waals surface area contributed by atoms with E-state index in [0.29, 0.717) is 36.9 Å². The average Bonchev–Trinajstić information content (AvgIpc) is 2.81. The van der Waals surface area contributed by atoms with Gasteiger partial charge in [0, 0.05) is 11.3 Å². The van der Waals surface area contributed by atoms with Crippen LogP contribution in [-0.2, 0) is 28.8 Å². The molecule has 0 spiro atoms. The van der Waals surface area contributed by atoms with Crippen LogP contribution in [0, 0.1) is 0 Å². The van der Waals surface area contributed by atoms with Gasteiger partial charge in [0.2, 0.25) is 0 Å². The number of carbonyl (C=O) groups is 2. The fourth-order valence-corrected chi connectivity index (χ4v) is 3.72. The van der Waals surface area contributed by atoms with Crippen molar-refractivity contribution in [1.29, 1.82) is 0 Å². The lowest BCUT2D eigenvalue weighted by molar-refractivity contribution is -0.157. The van der Waals surface area contributed by atoms with Crippen molar-refractivity contribution in [2.24, 2.45) is 0 Å². The molecule has 6 heteroatoms. The lowest BCUT2D eigenvalue weighted by Crippen LogP contribution is -2.44. The number of aryl methyl sites for hydroxylation is 3. The molecule has 0 unspecified atom stereocenters. The van der Waals surface area contributed by atoms with Crippen molar-refractivity contribution in [2.45, 2.75) is 58.1 Å². The normalized spacial score (nSPS) is 12.1. The molecule has 4 N–H and O–H groups in total. The maximum atomic E-state index is 13.1. The van der Waals surface area contributed by atoms with Crippen LogP contribution >= 0.6 is 0 Å². The minimum Gasteiger partial charge on any atom is -0.508 e. The number of aromatic hydroxyl groups is 1. The SMILES string of the molecule is CC(C)(C)OC(=O)[C@@H](CCc1ccccc1)NC(=O)c1ccc(N)c(CCc2ccc(O)cc2)c1. The van der Waals surface area contributed by atoms with Crippen molar-refractivity contribution >= 4 is 17.6 Å². The molecule has 3 rings (SSSR count). The summed E-state index contributed by atoms with van der Waals surface area (Å²) in [5.74, 6) is -0.580. The van der Waals surface area contributed by atoms with E-state index in [-0.39, 0.29) is 11.7 Å². The number of nitrogens with one attached hydrogen (secondary N) is 1. The van der Waals surface area contributed by atoms with Gasteiger partial charge in [-0.2, -0.15) is 0 Å². The number of phenolic OH excluding ortho intramolecular Hbond substituents is 1. The number of hydrogen-bond donors (Lipinski definition) is 3. The van der Waals surface area contributed by atoms with E-state index >= 15 is 0 Å². The van der Waals surface area contributed by atoms with Crippen LogP contribution in [0.3, 0.4) is 0 Å². The van der Waals surface area contributed by atoms with Gasteiger partial charge in [-0.1, -0.05) is 42.5 Å². The summed E-state index contributed by atoms with van der Waals surface area (Å²) >= 11 is 0. The molecule has 3 aromatic rings. The molecular weight excluding hydrogens is 440 g/mol. The molecule has 1 amide bonds. The molecule has 0 fully saturated rings. The maximum absolute atomic E-state index is 13.1. The summed E-state index contributed by atoms with van der Waals surface area (Å²) in [6.45, 7) is 5.42. The summed E-state index contributed by atoms with van der Waals surface area (Å²) < 4.78 is 5.57. The number of phenols is 1. The molecule has 0 heterocycles. The summed E-state index contributed by atoms with van der Waals surface area (Å²) in [4.78, 5) is 26.0. The highest BCUT2D eigenvalue weighted by Crippen LogP contribution is 2.19. The molecule has 0 saturated carbocycles. The molecule has 6 nitrogen and oxygen atoms in total. The molecule has 184 valence electrons. The minimum absolute atomic E-state index is 0.221. The Kier molecular flexibility index (Phi) is 8.53. The number of anilines is 1. The number of benzene rings is 3. The molecule has 0 aliphatic heterocycles. The average molecular weight is 475 g/mol. The van der Waals surface area contributed by atoms with Gasteiger partial charge in [0.1, 0.15) is 17.4 Å². The predicted octanol–water partition coefficient (Wildman–Crippen LogP) is 4.83. The zero-order chi connectivity index (χ0) is 25.4. The lowest BCUT2D eigenvalue weighted by Gasteiger charge is -2.25. The van der Waals surface area contributed by atoms with Crippen LogP contribution in [0.5, 0.6) is 5.75 Å². The number of nitrogens with two attached hydrogens (primary N) is 1. The van der Waals surface area contributed by atoms with Gasteiger partial charge in [0.15, 0.2) is 0 Å². The first-order valence-corrected chi connectivity index (χ1v) is 11.8. The van der Waals surface area contributed by atoms with Crippen molar-refractivity contribution in [2.75, 3.05) is 5.73 Å². The van der Waals surface area contributed by atoms with Crippen LogP contribution in [0.15, 0.2) is 72.8 Å². The Morgan fingerprint density at radius 1 is 0.914 bits per heavy atom. The number of amides is 1. The second-order valence-corrected chi connectivity index (χ2v) is 9.66. The van der Waals surface area contributed by atoms with E-state index in [4.69, 9.17) is 10.5 Å². The van der Waals surface area contributed by atoms with Gasteiger partial charge in [-0.25, -0.2) is 4.79 Å². The third-order valence-corrected chi connectivity index (χ3v) is 5.59. The zero-order valence-electron chi connectivity index (χ0n) is 20.6. The summed E-state index contributed by atoms with van der Waals surface area (Å²) in [7, 11) is 0. The standard InChI is InChI=1S/C29H34N2O4/c1-29(2,3)35-28(34)26(18-12-20-7-5-4-6-8-20)31-27(33)23-14-17-25(30)22(19-23)13-9-21-10-15-24(32)16-11-21/h4-8,10-11,14-17,19,26,32H,9,12-13,18,30H2,1-3H3,(H,31,33)/t26-/m1/s1. The third kappa shape index (κ3) is 8.18. The van der Waals surface area contributed by atoms with Crippen molar-refractivity contribution in [1.82, 2.24) is 5.32 Å². The maximum Gasteiger partial charge on any atom is 0.329 e. The molecule has 3 aromatic carbocycles. The highest BCUT2D eigenvalue weighted by atomic mass is 16.6. The lowest BCUT2D eigenvalue weighted by atomic mass is 10.00. The monoisotopic (exact) mass is 474 g/mol. The van der Waals surface area contributed by atoms with E-state index in [9.17, 15) is 14.7 Å². The van der Waals surface area contributed by atoms with Crippen LogP contribution in [-0.4, -0.2) is 28.6 Å². The van der Waals surface area contributed by atoms with Crippen LogP contribution in [0.4, 0.5) is 5.69 Å². The van der Waals surface area contributed by atoms with Crippen molar-refractivity contribution < 1.29 is 19.4 Å². The first-order chi connectivity index (χ1) is 16.6. The van der Waals surface area contributed by atoms with Crippen LogP contribution < -0.4 is 11.1 Å². The summed E-state index contributed by atoms with van der Waals surface area (Å²) in [6.07, 6.45) is 2.41. The Morgan fingerprint density at radius 3 is 2.23 bits per heavy atom. The van der Waals surface area contributed by atoms with Gasteiger partial charge >= 0.3 is 5.97 Å². The Hall–Kier alpha value is -3.80. The summed E-state index contributed by atoms with van der Waals surface area (Å²) in [5.41, 5.74) is 9.54. The van der Waals surface area contributed by atoms with Gasteiger partial charge < -0.3 is 20.9 Å². The molecule has 35 heavy (non-hydrogen) atoms. The first kappa shape index (κ1) is 25.8. The van der Waals surface area contributed by atoms with Gasteiger partial charge in [-0.15, -0.1) is 0 Å². The second kappa shape index (κ2) is 11.6. The van der Waals surface area contributed by atoms with Crippen molar-refractivity contribution in [3.05, 3.63) is 95.1 Å². The van der Waals surface area contributed by atoms with Gasteiger partial charge in [-0.3, -0.25) is 4.79 Å². The molecule has 0 aliphatic carbocycles. The Balaban J connectivity index is 1.71. The molecular formula is C29H34N2O4. The Morgan fingerprint density at radius 2 is 1.57 bits per heavy atom. The summed E-state index contributed by atoms with van der Waals surface area (Å²) in [6, 6.07) is 21.2. The van der Waals surface area contributed by atoms with E-state index < -0.39 is 17.6 Å². The van der Waals surface area contributed by atoms with E-state index in [2.05, 4.69) is 5.32 Å². The largest absolute Gasteiger partial charge is 0.508 e.